The Morgan fingerprint density at radius 2 is 1.82 bits per heavy atom. The first kappa shape index (κ1) is 17.9. The molecule has 0 aliphatic carbocycles. The molecule has 140 valence electrons. The molecule has 4 aromatic rings. The highest BCUT2D eigenvalue weighted by molar-refractivity contribution is 6.21. The number of imide groups is 1. The third-order valence-electron chi connectivity index (χ3n) is 4.58. The van der Waals surface area contributed by atoms with Crippen molar-refractivity contribution in [2.75, 3.05) is 5.32 Å². The molecule has 28 heavy (non-hydrogen) atoms. The molecule has 3 heterocycles. The van der Waals surface area contributed by atoms with Crippen molar-refractivity contribution in [2.24, 2.45) is 0 Å². The highest BCUT2D eigenvalue weighted by Crippen LogP contribution is 2.33. The lowest BCUT2D eigenvalue weighted by Gasteiger charge is -2.08. The Morgan fingerprint density at radius 1 is 1.04 bits per heavy atom. The van der Waals surface area contributed by atoms with Gasteiger partial charge in [0.2, 0.25) is 0 Å². The number of rotatable bonds is 3. The topological polar surface area (TPSA) is 97.1 Å². The number of benzene rings is 2. The van der Waals surface area contributed by atoms with Crippen LogP contribution >= 0.6 is 12.4 Å². The van der Waals surface area contributed by atoms with Crippen LogP contribution in [0.5, 0.6) is 0 Å². The Hall–Kier alpha value is -3.45. The van der Waals surface area contributed by atoms with Crippen LogP contribution in [0, 0.1) is 0 Å². The smallest absolute Gasteiger partial charge is 0.259 e. The first-order chi connectivity index (χ1) is 13.1. The lowest BCUT2D eigenvalue weighted by molar-refractivity contribution is 0.0879. The Bertz CT molecular complexity index is 1270. The fourth-order valence-electron chi connectivity index (χ4n) is 3.26. The SMILES string of the molecule is CCc1nc(Nc2ccc3c(c2)C(=O)NC3=O)c2oc3ccccc3c2n1.Cl. The number of aryl methyl sites for hydroxylation is 1. The second-order valence-corrected chi connectivity index (χ2v) is 6.29. The average molecular weight is 395 g/mol. The van der Waals surface area contributed by atoms with Gasteiger partial charge >= 0.3 is 0 Å². The van der Waals surface area contributed by atoms with Crippen LogP contribution in [0.4, 0.5) is 11.5 Å². The van der Waals surface area contributed by atoms with Crippen LogP contribution in [0.3, 0.4) is 0 Å². The van der Waals surface area contributed by atoms with Gasteiger partial charge in [-0.05, 0) is 30.3 Å². The number of nitrogens with one attached hydrogen (secondary N) is 2. The summed E-state index contributed by atoms with van der Waals surface area (Å²) in [6.45, 7) is 1.98. The maximum absolute atomic E-state index is 11.9. The second kappa shape index (κ2) is 6.61. The molecule has 0 unspecified atom stereocenters. The number of anilines is 2. The number of furan rings is 1. The Balaban J connectivity index is 0.00000192. The molecule has 2 aromatic carbocycles. The third kappa shape index (κ3) is 2.68. The minimum Gasteiger partial charge on any atom is -0.450 e. The first-order valence-corrected chi connectivity index (χ1v) is 8.59. The number of nitrogens with zero attached hydrogens (tertiary/aromatic N) is 2. The first-order valence-electron chi connectivity index (χ1n) is 8.59. The van der Waals surface area contributed by atoms with E-state index in [0.717, 1.165) is 16.5 Å². The molecule has 2 amide bonds. The van der Waals surface area contributed by atoms with E-state index in [0.29, 0.717) is 40.5 Å². The van der Waals surface area contributed by atoms with Crippen molar-refractivity contribution in [3.63, 3.8) is 0 Å². The predicted octanol–water partition coefficient (Wildman–Crippen LogP) is 3.99. The van der Waals surface area contributed by atoms with Crippen molar-refractivity contribution in [2.45, 2.75) is 13.3 Å². The van der Waals surface area contributed by atoms with Crippen LogP contribution in [0.2, 0.25) is 0 Å². The monoisotopic (exact) mass is 394 g/mol. The van der Waals surface area contributed by atoms with Gasteiger partial charge in [0.1, 0.15) is 16.9 Å². The molecule has 8 heteroatoms. The molecule has 0 saturated carbocycles. The van der Waals surface area contributed by atoms with Gasteiger partial charge in [-0.1, -0.05) is 19.1 Å². The van der Waals surface area contributed by atoms with Gasteiger partial charge in [-0.2, -0.15) is 0 Å². The summed E-state index contributed by atoms with van der Waals surface area (Å²) in [7, 11) is 0. The Morgan fingerprint density at radius 3 is 2.64 bits per heavy atom. The lowest BCUT2D eigenvalue weighted by atomic mass is 10.1. The molecule has 0 spiro atoms. The molecule has 0 saturated heterocycles. The van der Waals surface area contributed by atoms with Crippen molar-refractivity contribution in [1.29, 1.82) is 0 Å². The summed E-state index contributed by atoms with van der Waals surface area (Å²) in [5.41, 5.74) is 3.38. The minimum absolute atomic E-state index is 0. The second-order valence-electron chi connectivity index (χ2n) is 6.29. The van der Waals surface area contributed by atoms with Crippen molar-refractivity contribution in [1.82, 2.24) is 15.3 Å². The molecule has 1 aliphatic rings. The number of halogens is 1. The molecule has 0 radical (unpaired) electrons. The Kier molecular flexibility index (Phi) is 4.24. The molecule has 0 atom stereocenters. The van der Waals surface area contributed by atoms with E-state index < -0.39 is 5.91 Å². The zero-order chi connectivity index (χ0) is 18.5. The van der Waals surface area contributed by atoms with Gasteiger partial charge in [0, 0.05) is 17.5 Å². The molecule has 0 bridgehead atoms. The van der Waals surface area contributed by atoms with Crippen molar-refractivity contribution >= 4 is 57.8 Å². The highest BCUT2D eigenvalue weighted by Gasteiger charge is 2.27. The van der Waals surface area contributed by atoms with Gasteiger partial charge in [-0.3, -0.25) is 14.9 Å². The third-order valence-corrected chi connectivity index (χ3v) is 4.58. The van der Waals surface area contributed by atoms with E-state index in [9.17, 15) is 9.59 Å². The largest absolute Gasteiger partial charge is 0.450 e. The molecular weight excluding hydrogens is 380 g/mol. The van der Waals surface area contributed by atoms with Crippen LogP contribution < -0.4 is 10.6 Å². The van der Waals surface area contributed by atoms with Crippen LogP contribution in [-0.4, -0.2) is 21.8 Å². The maximum Gasteiger partial charge on any atom is 0.259 e. The molecule has 5 rings (SSSR count). The maximum atomic E-state index is 11.9. The molecule has 2 N–H and O–H groups in total. The zero-order valence-electron chi connectivity index (χ0n) is 14.8. The Labute approximate surface area is 165 Å². The zero-order valence-corrected chi connectivity index (χ0v) is 15.6. The van der Waals surface area contributed by atoms with E-state index in [1.165, 1.54) is 0 Å². The summed E-state index contributed by atoms with van der Waals surface area (Å²) in [4.78, 5) is 32.8. The molecule has 0 fully saturated rings. The summed E-state index contributed by atoms with van der Waals surface area (Å²) in [6.07, 6.45) is 0.672. The van der Waals surface area contributed by atoms with Crippen molar-refractivity contribution < 1.29 is 14.0 Å². The van der Waals surface area contributed by atoms with E-state index in [1.54, 1.807) is 18.2 Å². The normalized spacial score (nSPS) is 12.8. The van der Waals surface area contributed by atoms with Crippen LogP contribution in [-0.2, 0) is 6.42 Å². The predicted molar refractivity (Wildman–Crippen MR) is 107 cm³/mol. The van der Waals surface area contributed by atoms with E-state index >= 15 is 0 Å². The van der Waals surface area contributed by atoms with E-state index in [2.05, 4.69) is 20.6 Å². The quantitative estimate of drug-likeness (QED) is 0.510. The number of fused-ring (bicyclic) bond motifs is 4. The average Bonchev–Trinajstić information content (AvgIpc) is 3.19. The van der Waals surface area contributed by atoms with Crippen LogP contribution in [0.25, 0.3) is 22.1 Å². The summed E-state index contributed by atoms with van der Waals surface area (Å²) in [6, 6.07) is 12.7. The van der Waals surface area contributed by atoms with Crippen molar-refractivity contribution in [3.05, 3.63) is 59.4 Å². The van der Waals surface area contributed by atoms with E-state index in [4.69, 9.17) is 4.42 Å². The number of hydrogen-bond donors (Lipinski definition) is 2. The van der Waals surface area contributed by atoms with Gasteiger partial charge in [-0.25, -0.2) is 9.97 Å². The lowest BCUT2D eigenvalue weighted by Crippen LogP contribution is -2.19. The number of carbonyl (C=O) groups is 2. The summed E-state index contributed by atoms with van der Waals surface area (Å²) >= 11 is 0. The van der Waals surface area contributed by atoms with Gasteiger partial charge in [0.25, 0.3) is 11.8 Å². The molecular formula is C20H15ClN4O3. The van der Waals surface area contributed by atoms with E-state index in [1.807, 2.05) is 31.2 Å². The van der Waals surface area contributed by atoms with Crippen LogP contribution in [0.1, 0.15) is 33.5 Å². The van der Waals surface area contributed by atoms with Crippen LogP contribution in [0.15, 0.2) is 46.9 Å². The number of para-hydroxylation sites is 1. The fourth-order valence-corrected chi connectivity index (χ4v) is 3.26. The summed E-state index contributed by atoms with van der Waals surface area (Å²) in [5, 5.41) is 6.42. The summed E-state index contributed by atoms with van der Waals surface area (Å²) in [5.74, 6) is 0.435. The standard InChI is InChI=1S/C20H14N4O3.ClH/c1-2-15-22-16-12-5-3-4-6-14(12)27-17(16)18(23-15)21-10-7-8-11-13(9-10)20(26)24-19(11)25;/h3-9H,2H2,1H3,(H,21,22,23)(H,24,25,26);1H. The fraction of sp³-hybridized carbons (Fsp3) is 0.100. The van der Waals surface area contributed by atoms with Crippen molar-refractivity contribution in [3.8, 4) is 0 Å². The number of aromatic nitrogens is 2. The van der Waals surface area contributed by atoms with Gasteiger partial charge < -0.3 is 9.73 Å². The van der Waals surface area contributed by atoms with Gasteiger partial charge in [0.05, 0.1) is 11.1 Å². The number of hydrogen-bond acceptors (Lipinski definition) is 6. The molecule has 1 aliphatic heterocycles. The molecule has 2 aromatic heterocycles. The van der Waals surface area contributed by atoms with Gasteiger partial charge in [0.15, 0.2) is 11.4 Å². The minimum atomic E-state index is -0.399. The molecule has 7 nitrogen and oxygen atoms in total. The number of carbonyl (C=O) groups excluding carboxylic acids is 2. The van der Waals surface area contributed by atoms with Gasteiger partial charge in [-0.15, -0.1) is 12.4 Å². The van der Waals surface area contributed by atoms with E-state index in [-0.39, 0.29) is 18.3 Å². The number of amides is 2. The highest BCUT2D eigenvalue weighted by atomic mass is 35.5. The summed E-state index contributed by atoms with van der Waals surface area (Å²) < 4.78 is 5.97.